The second-order valence-electron chi connectivity index (χ2n) is 4.58. The second-order valence-corrected chi connectivity index (χ2v) is 4.58. The van der Waals surface area contributed by atoms with E-state index in [4.69, 9.17) is 4.74 Å². The van der Waals surface area contributed by atoms with Gasteiger partial charge in [-0.3, -0.25) is 0 Å². The molecule has 17 heavy (non-hydrogen) atoms. The SMILES string of the molecule is CC1(CCc2nnnn2-c2ccccc2)CO1. The Morgan fingerprint density at radius 2 is 2.12 bits per heavy atom. The number of aromatic nitrogens is 4. The summed E-state index contributed by atoms with van der Waals surface area (Å²) in [6.07, 6.45) is 1.79. The molecule has 0 aliphatic carbocycles. The van der Waals surface area contributed by atoms with Crippen LogP contribution in [0.5, 0.6) is 0 Å². The van der Waals surface area contributed by atoms with Gasteiger partial charge in [-0.05, 0) is 35.9 Å². The van der Waals surface area contributed by atoms with Crippen molar-refractivity contribution in [3.05, 3.63) is 36.2 Å². The third-order valence-corrected chi connectivity index (χ3v) is 3.05. The predicted octanol–water partition coefficient (Wildman–Crippen LogP) is 1.38. The molecule has 1 aromatic heterocycles. The first-order chi connectivity index (χ1) is 8.27. The average molecular weight is 230 g/mol. The van der Waals surface area contributed by atoms with Gasteiger partial charge in [-0.25, -0.2) is 0 Å². The van der Waals surface area contributed by atoms with Crippen molar-refractivity contribution in [2.75, 3.05) is 6.61 Å². The molecule has 5 nitrogen and oxygen atoms in total. The van der Waals surface area contributed by atoms with Gasteiger partial charge in [0.05, 0.1) is 17.9 Å². The van der Waals surface area contributed by atoms with E-state index in [-0.39, 0.29) is 5.60 Å². The fraction of sp³-hybridized carbons (Fsp3) is 0.417. The van der Waals surface area contributed by atoms with Crippen LogP contribution in [0.3, 0.4) is 0 Å². The highest BCUT2D eigenvalue weighted by molar-refractivity contribution is 5.30. The van der Waals surface area contributed by atoms with Gasteiger partial charge in [0.25, 0.3) is 0 Å². The standard InChI is InChI=1S/C12H14N4O/c1-12(9-17-12)8-7-11-13-14-15-16(11)10-5-3-2-4-6-10/h2-6H,7-9H2,1H3. The highest BCUT2D eigenvalue weighted by Gasteiger charge is 2.38. The Kier molecular flexibility index (Phi) is 2.40. The Hall–Kier alpha value is -1.75. The molecule has 0 spiro atoms. The van der Waals surface area contributed by atoms with E-state index >= 15 is 0 Å². The van der Waals surface area contributed by atoms with Crippen LogP contribution in [0, 0.1) is 0 Å². The minimum atomic E-state index is 0.0491. The van der Waals surface area contributed by atoms with E-state index in [1.165, 1.54) is 0 Å². The molecule has 0 saturated carbocycles. The summed E-state index contributed by atoms with van der Waals surface area (Å²) >= 11 is 0. The highest BCUT2D eigenvalue weighted by atomic mass is 16.6. The van der Waals surface area contributed by atoms with Crippen molar-refractivity contribution in [1.29, 1.82) is 0 Å². The lowest BCUT2D eigenvalue weighted by atomic mass is 10.1. The molecule has 2 aromatic rings. The topological polar surface area (TPSA) is 56.1 Å². The van der Waals surface area contributed by atoms with Crippen molar-refractivity contribution in [3.63, 3.8) is 0 Å². The number of rotatable bonds is 4. The number of tetrazole rings is 1. The monoisotopic (exact) mass is 230 g/mol. The number of nitrogens with zero attached hydrogens (tertiary/aromatic N) is 4. The lowest BCUT2D eigenvalue weighted by Gasteiger charge is -2.05. The molecule has 0 bridgehead atoms. The zero-order valence-corrected chi connectivity index (χ0v) is 9.71. The molecular weight excluding hydrogens is 216 g/mol. The maximum absolute atomic E-state index is 5.36. The number of ether oxygens (including phenoxy) is 1. The molecular formula is C12H14N4O. The first-order valence-electron chi connectivity index (χ1n) is 5.73. The molecule has 88 valence electrons. The summed E-state index contributed by atoms with van der Waals surface area (Å²) in [5, 5.41) is 11.8. The average Bonchev–Trinajstić information content (AvgIpc) is 2.93. The van der Waals surface area contributed by atoms with E-state index in [1.807, 2.05) is 30.3 Å². The number of aryl methyl sites for hydroxylation is 1. The maximum Gasteiger partial charge on any atom is 0.156 e. The van der Waals surface area contributed by atoms with Gasteiger partial charge < -0.3 is 4.74 Å². The molecule has 0 amide bonds. The van der Waals surface area contributed by atoms with Crippen molar-refractivity contribution in [3.8, 4) is 5.69 Å². The van der Waals surface area contributed by atoms with Crippen molar-refractivity contribution in [2.45, 2.75) is 25.4 Å². The number of hydrogen-bond acceptors (Lipinski definition) is 4. The summed E-state index contributed by atoms with van der Waals surface area (Å²) in [7, 11) is 0. The summed E-state index contributed by atoms with van der Waals surface area (Å²) in [6.45, 7) is 2.96. The zero-order chi connectivity index (χ0) is 11.7. The Balaban J connectivity index is 1.79. The second kappa shape index (κ2) is 3.92. The van der Waals surface area contributed by atoms with Crippen molar-refractivity contribution < 1.29 is 4.74 Å². The third kappa shape index (κ3) is 2.19. The Morgan fingerprint density at radius 3 is 2.82 bits per heavy atom. The maximum atomic E-state index is 5.36. The zero-order valence-electron chi connectivity index (χ0n) is 9.71. The van der Waals surface area contributed by atoms with Crippen LogP contribution in [0.1, 0.15) is 19.2 Å². The quantitative estimate of drug-likeness (QED) is 0.745. The molecule has 5 heteroatoms. The number of benzene rings is 1. The van der Waals surface area contributed by atoms with Gasteiger partial charge in [0.2, 0.25) is 0 Å². The molecule has 0 radical (unpaired) electrons. The summed E-state index contributed by atoms with van der Waals surface area (Å²) in [5.74, 6) is 0.882. The molecule has 2 heterocycles. The van der Waals surface area contributed by atoms with Gasteiger partial charge in [-0.2, -0.15) is 4.68 Å². The van der Waals surface area contributed by atoms with Crippen LogP contribution in [0.4, 0.5) is 0 Å². The fourth-order valence-corrected chi connectivity index (χ4v) is 1.78. The summed E-state index contributed by atoms with van der Waals surface area (Å²) < 4.78 is 7.15. The molecule has 1 aliphatic heterocycles. The van der Waals surface area contributed by atoms with Crippen LogP contribution >= 0.6 is 0 Å². The Morgan fingerprint density at radius 1 is 1.35 bits per heavy atom. The summed E-state index contributed by atoms with van der Waals surface area (Å²) in [4.78, 5) is 0. The van der Waals surface area contributed by atoms with Crippen LogP contribution in [0.2, 0.25) is 0 Å². The largest absolute Gasteiger partial charge is 0.370 e. The van der Waals surface area contributed by atoms with Crippen molar-refractivity contribution >= 4 is 0 Å². The van der Waals surface area contributed by atoms with Gasteiger partial charge in [-0.1, -0.05) is 18.2 Å². The third-order valence-electron chi connectivity index (χ3n) is 3.05. The van der Waals surface area contributed by atoms with E-state index < -0.39 is 0 Å². The molecule has 3 rings (SSSR count). The van der Waals surface area contributed by atoms with Gasteiger partial charge in [0, 0.05) is 6.42 Å². The molecule has 1 saturated heterocycles. The molecule has 1 fully saturated rings. The number of hydrogen-bond donors (Lipinski definition) is 0. The van der Waals surface area contributed by atoms with Crippen LogP contribution < -0.4 is 0 Å². The lowest BCUT2D eigenvalue weighted by molar-refractivity contribution is 0.307. The van der Waals surface area contributed by atoms with Crippen LogP contribution in [0.25, 0.3) is 5.69 Å². The first-order valence-corrected chi connectivity index (χ1v) is 5.73. The molecule has 1 aliphatic rings. The molecule has 1 atom stereocenters. The lowest BCUT2D eigenvalue weighted by Crippen LogP contribution is -2.10. The fourth-order valence-electron chi connectivity index (χ4n) is 1.78. The highest BCUT2D eigenvalue weighted by Crippen LogP contribution is 2.30. The Bertz CT molecular complexity index is 504. The smallest absolute Gasteiger partial charge is 0.156 e. The van der Waals surface area contributed by atoms with Crippen LogP contribution in [0.15, 0.2) is 30.3 Å². The van der Waals surface area contributed by atoms with E-state index in [1.54, 1.807) is 4.68 Å². The van der Waals surface area contributed by atoms with Gasteiger partial charge in [0.1, 0.15) is 0 Å². The van der Waals surface area contributed by atoms with Crippen molar-refractivity contribution in [1.82, 2.24) is 20.2 Å². The number of epoxide rings is 1. The summed E-state index contributed by atoms with van der Waals surface area (Å²) in [5.41, 5.74) is 1.04. The van der Waals surface area contributed by atoms with E-state index in [0.29, 0.717) is 0 Å². The first kappa shape index (κ1) is 10.4. The van der Waals surface area contributed by atoms with Crippen molar-refractivity contribution in [2.24, 2.45) is 0 Å². The molecule has 1 aromatic carbocycles. The number of para-hydroxylation sites is 1. The van der Waals surface area contributed by atoms with Gasteiger partial charge >= 0.3 is 0 Å². The van der Waals surface area contributed by atoms with Gasteiger partial charge in [-0.15, -0.1) is 5.10 Å². The van der Waals surface area contributed by atoms with E-state index in [9.17, 15) is 0 Å². The van der Waals surface area contributed by atoms with Crippen LogP contribution in [-0.4, -0.2) is 32.4 Å². The van der Waals surface area contributed by atoms with Crippen LogP contribution in [-0.2, 0) is 11.2 Å². The normalized spacial score (nSPS) is 22.6. The Labute approximate surface area is 99.4 Å². The summed E-state index contributed by atoms with van der Waals surface area (Å²) in [6, 6.07) is 9.93. The molecule has 1 unspecified atom stereocenters. The minimum absolute atomic E-state index is 0.0491. The predicted molar refractivity (Wildman–Crippen MR) is 61.8 cm³/mol. The van der Waals surface area contributed by atoms with Gasteiger partial charge in [0.15, 0.2) is 5.82 Å². The minimum Gasteiger partial charge on any atom is -0.370 e. The van der Waals surface area contributed by atoms with E-state index in [0.717, 1.165) is 31.0 Å². The van der Waals surface area contributed by atoms with E-state index in [2.05, 4.69) is 22.4 Å². The molecule has 0 N–H and O–H groups in total.